The number of carbonyl (C=O) groups is 2. The molecule has 0 saturated heterocycles. The van der Waals surface area contributed by atoms with Crippen LogP contribution in [0.2, 0.25) is 0 Å². The fraction of sp³-hybridized carbons (Fsp3) is 0.600. The van der Waals surface area contributed by atoms with Crippen LogP contribution in [0, 0.1) is 0 Å². The quantitative estimate of drug-likeness (QED) is 0.388. The fourth-order valence-electron chi connectivity index (χ4n) is 1.10. The maximum atomic E-state index is 11.6. The van der Waals surface area contributed by atoms with Crippen molar-refractivity contribution in [1.29, 1.82) is 0 Å². The molecule has 1 N–H and O–H groups in total. The average Bonchev–Trinajstić information content (AvgIpc) is 2.28. The minimum absolute atomic E-state index is 0.222. The van der Waals surface area contributed by atoms with Gasteiger partial charge in [-0.05, 0) is 12.8 Å². The van der Waals surface area contributed by atoms with E-state index in [2.05, 4.69) is 9.05 Å². The third kappa shape index (κ3) is 7.85. The Morgan fingerprint density at radius 2 is 1.88 bits per heavy atom. The third-order valence-corrected chi connectivity index (χ3v) is 3.87. The molecule has 0 aliphatic heterocycles. The van der Waals surface area contributed by atoms with Crippen molar-refractivity contribution in [2.45, 2.75) is 19.3 Å². The van der Waals surface area contributed by atoms with E-state index in [0.29, 0.717) is 12.8 Å². The van der Waals surface area contributed by atoms with Gasteiger partial charge in [0, 0.05) is 26.7 Å². The van der Waals surface area contributed by atoms with Crippen LogP contribution in [0.5, 0.6) is 0 Å². The van der Waals surface area contributed by atoms with Crippen molar-refractivity contribution >= 4 is 19.3 Å². The zero-order valence-corrected chi connectivity index (χ0v) is 10.8. The molecule has 0 aliphatic carbocycles. The number of unbranched alkanes of at least 4 members (excludes halogenated alkanes) is 1. The molecular weight excluding hydrogens is 247 g/mol. The van der Waals surface area contributed by atoms with E-state index in [4.69, 9.17) is 5.11 Å². The van der Waals surface area contributed by atoms with E-state index >= 15 is 0 Å². The molecule has 0 fully saturated rings. The van der Waals surface area contributed by atoms with Gasteiger partial charge in [0.2, 0.25) is 0 Å². The van der Waals surface area contributed by atoms with Crippen molar-refractivity contribution in [3.8, 4) is 0 Å². The van der Waals surface area contributed by atoms with E-state index in [1.54, 1.807) is 0 Å². The average molecular weight is 264 g/mol. The van der Waals surface area contributed by atoms with Gasteiger partial charge in [-0.2, -0.15) is 0 Å². The van der Waals surface area contributed by atoms with E-state index in [9.17, 15) is 14.2 Å². The predicted molar refractivity (Wildman–Crippen MR) is 62.1 cm³/mol. The molecule has 6 nitrogen and oxygen atoms in total. The third-order valence-electron chi connectivity index (χ3n) is 2.01. The number of hydrogen-bond donors (Lipinski definition) is 1. The first kappa shape index (κ1) is 16.0. The van der Waals surface area contributed by atoms with Crippen molar-refractivity contribution in [3.63, 3.8) is 0 Å². The lowest BCUT2D eigenvalue weighted by Gasteiger charge is -2.11. The Morgan fingerprint density at radius 1 is 1.29 bits per heavy atom. The molecule has 0 radical (unpaired) electrons. The van der Waals surface area contributed by atoms with Crippen LogP contribution in [0.3, 0.4) is 0 Å². The Labute approximate surface area is 100 Å². The minimum atomic E-state index is -3.27. The number of aliphatic carboxylic acids is 1. The van der Waals surface area contributed by atoms with Gasteiger partial charge in [0.25, 0.3) is 0 Å². The summed E-state index contributed by atoms with van der Waals surface area (Å²) in [7, 11) is -0.812. The molecule has 0 aromatic rings. The lowest BCUT2D eigenvalue weighted by molar-refractivity contribution is -0.131. The summed E-state index contributed by atoms with van der Waals surface area (Å²) in [5, 5.41) is 8.31. The number of rotatable bonds is 9. The zero-order chi connectivity index (χ0) is 13.3. The van der Waals surface area contributed by atoms with Crippen molar-refractivity contribution < 1.29 is 28.3 Å². The molecule has 0 saturated carbocycles. The smallest absolute Gasteiger partial charge is 0.337 e. The van der Waals surface area contributed by atoms with E-state index in [-0.39, 0.29) is 18.4 Å². The molecule has 0 unspecified atom stereocenters. The molecule has 0 amide bonds. The van der Waals surface area contributed by atoms with Crippen LogP contribution >= 0.6 is 7.60 Å². The van der Waals surface area contributed by atoms with Crippen molar-refractivity contribution in [1.82, 2.24) is 0 Å². The van der Waals surface area contributed by atoms with Gasteiger partial charge in [-0.3, -0.25) is 9.36 Å². The Kier molecular flexibility index (Phi) is 7.70. The topological polar surface area (TPSA) is 89.9 Å². The first-order valence-electron chi connectivity index (χ1n) is 5.05. The zero-order valence-electron chi connectivity index (χ0n) is 9.92. The standard InChI is InChI=1S/C10H17O6P/c1-15-17(14,16-2)8-9(11)6-4-3-5-7-10(12)13/h5,7H,3-4,6,8H2,1-2H3,(H,12,13)/b7-5+. The van der Waals surface area contributed by atoms with Gasteiger partial charge in [-0.15, -0.1) is 0 Å². The number of hydrogen-bond acceptors (Lipinski definition) is 5. The monoisotopic (exact) mass is 264 g/mol. The Balaban J connectivity index is 3.88. The highest BCUT2D eigenvalue weighted by atomic mass is 31.2. The van der Waals surface area contributed by atoms with Gasteiger partial charge in [0.1, 0.15) is 11.9 Å². The Bertz CT molecular complexity index is 328. The van der Waals surface area contributed by atoms with Crippen LogP contribution in [0.25, 0.3) is 0 Å². The number of carbonyl (C=O) groups excluding carboxylic acids is 1. The lowest BCUT2D eigenvalue weighted by atomic mass is 10.2. The molecule has 0 rings (SSSR count). The summed E-state index contributed by atoms with van der Waals surface area (Å²) in [5.41, 5.74) is 0. The maximum Gasteiger partial charge on any atom is 0.337 e. The molecule has 7 heteroatoms. The summed E-state index contributed by atoms with van der Waals surface area (Å²) in [5.74, 6) is -1.24. The maximum absolute atomic E-state index is 11.6. The first-order chi connectivity index (χ1) is 7.93. The van der Waals surface area contributed by atoms with Crippen molar-refractivity contribution in [3.05, 3.63) is 12.2 Å². The summed E-state index contributed by atoms with van der Waals surface area (Å²) in [6.07, 6.45) is 3.48. The van der Waals surface area contributed by atoms with Gasteiger partial charge in [-0.1, -0.05) is 6.08 Å². The van der Waals surface area contributed by atoms with Crippen LogP contribution in [0.4, 0.5) is 0 Å². The van der Waals surface area contributed by atoms with Gasteiger partial charge in [0.05, 0.1) is 0 Å². The van der Waals surface area contributed by atoms with E-state index in [1.807, 2.05) is 0 Å². The molecule has 0 aromatic heterocycles. The highest BCUT2D eigenvalue weighted by Gasteiger charge is 2.24. The molecule has 0 aromatic carbocycles. The number of carboxylic acid groups (broad SMARTS) is 1. The van der Waals surface area contributed by atoms with Crippen LogP contribution in [0.15, 0.2) is 12.2 Å². The minimum Gasteiger partial charge on any atom is -0.478 e. The number of Topliss-reactive ketones (excluding diaryl/α,β-unsaturated/α-hetero) is 1. The molecule has 0 bridgehead atoms. The van der Waals surface area contributed by atoms with Gasteiger partial charge < -0.3 is 14.2 Å². The van der Waals surface area contributed by atoms with Gasteiger partial charge in [-0.25, -0.2) is 4.79 Å². The van der Waals surface area contributed by atoms with Crippen LogP contribution in [0.1, 0.15) is 19.3 Å². The molecule has 17 heavy (non-hydrogen) atoms. The molecular formula is C10H17O6P. The highest BCUT2D eigenvalue weighted by Crippen LogP contribution is 2.46. The van der Waals surface area contributed by atoms with Crippen molar-refractivity contribution in [2.24, 2.45) is 0 Å². The second-order valence-corrected chi connectivity index (χ2v) is 5.57. The predicted octanol–water partition coefficient (Wildman–Crippen LogP) is 1.85. The van der Waals surface area contributed by atoms with Crippen LogP contribution in [-0.4, -0.2) is 37.2 Å². The summed E-state index contributed by atoms with van der Waals surface area (Å²) in [6.45, 7) is 0. The first-order valence-corrected chi connectivity index (χ1v) is 6.78. The van der Waals surface area contributed by atoms with E-state index in [0.717, 1.165) is 6.08 Å². The van der Waals surface area contributed by atoms with Crippen LogP contribution < -0.4 is 0 Å². The second-order valence-electron chi connectivity index (χ2n) is 3.31. The molecule has 0 spiro atoms. The van der Waals surface area contributed by atoms with Crippen LogP contribution in [-0.2, 0) is 23.2 Å². The molecule has 0 heterocycles. The number of ketones is 1. The number of allylic oxidation sites excluding steroid dienone is 1. The second kappa shape index (κ2) is 8.17. The Hall–Kier alpha value is -0.970. The van der Waals surface area contributed by atoms with Gasteiger partial charge >= 0.3 is 13.6 Å². The lowest BCUT2D eigenvalue weighted by Crippen LogP contribution is -2.07. The SMILES string of the molecule is COP(=O)(CC(=O)CCC/C=C/C(=O)O)OC. The summed E-state index contributed by atoms with van der Waals surface area (Å²) < 4.78 is 20.9. The van der Waals surface area contributed by atoms with Crippen molar-refractivity contribution in [2.75, 3.05) is 20.4 Å². The fourth-order valence-corrected chi connectivity index (χ4v) is 2.10. The van der Waals surface area contributed by atoms with E-state index in [1.165, 1.54) is 20.3 Å². The molecule has 98 valence electrons. The summed E-state index contributed by atoms with van der Waals surface area (Å²) in [6, 6.07) is 0. The summed E-state index contributed by atoms with van der Waals surface area (Å²) in [4.78, 5) is 21.5. The Morgan fingerprint density at radius 3 is 2.35 bits per heavy atom. The highest BCUT2D eigenvalue weighted by molar-refractivity contribution is 7.54. The largest absolute Gasteiger partial charge is 0.478 e. The number of carboxylic acids is 1. The summed E-state index contributed by atoms with van der Waals surface area (Å²) >= 11 is 0. The molecule has 0 atom stereocenters. The van der Waals surface area contributed by atoms with Gasteiger partial charge in [0.15, 0.2) is 0 Å². The molecule has 0 aliphatic rings. The van der Waals surface area contributed by atoms with E-state index < -0.39 is 13.6 Å². The normalized spacial score (nSPS) is 11.9.